The van der Waals surface area contributed by atoms with Crippen LogP contribution in [0.1, 0.15) is 32.2 Å². The molecule has 0 radical (unpaired) electrons. The summed E-state index contributed by atoms with van der Waals surface area (Å²) >= 11 is 0. The van der Waals surface area contributed by atoms with Gasteiger partial charge in [0.15, 0.2) is 0 Å². The molecular weight excluding hydrogens is 234 g/mol. The van der Waals surface area contributed by atoms with Crippen LogP contribution in [-0.4, -0.2) is 36.2 Å². The van der Waals surface area contributed by atoms with E-state index in [0.29, 0.717) is 31.4 Å². The third kappa shape index (κ3) is 2.17. The van der Waals surface area contributed by atoms with Crippen LogP contribution < -0.4 is 16.0 Å². The quantitative estimate of drug-likeness (QED) is 0.787. The van der Waals surface area contributed by atoms with Crippen molar-refractivity contribution in [1.82, 2.24) is 15.5 Å². The SMILES string of the molecule is CNC(C)c1nnc(N2CCC(C)(C(N)=O)C2)o1. The summed E-state index contributed by atoms with van der Waals surface area (Å²) in [5.74, 6) is 0.258. The highest BCUT2D eigenvalue weighted by atomic mass is 16.4. The van der Waals surface area contributed by atoms with Crippen molar-refractivity contribution in [1.29, 1.82) is 0 Å². The summed E-state index contributed by atoms with van der Waals surface area (Å²) in [5, 5.41) is 11.0. The van der Waals surface area contributed by atoms with E-state index in [1.54, 1.807) is 0 Å². The fourth-order valence-corrected chi connectivity index (χ4v) is 1.98. The number of hydrogen-bond acceptors (Lipinski definition) is 6. The molecule has 1 aromatic heterocycles. The van der Waals surface area contributed by atoms with Crippen LogP contribution in [0.4, 0.5) is 6.01 Å². The maximum atomic E-state index is 11.4. The molecule has 1 aliphatic rings. The van der Waals surface area contributed by atoms with Crippen molar-refractivity contribution in [3.8, 4) is 0 Å². The predicted molar refractivity (Wildman–Crippen MR) is 65.9 cm³/mol. The van der Waals surface area contributed by atoms with Crippen LogP contribution in [0.15, 0.2) is 4.42 Å². The maximum Gasteiger partial charge on any atom is 0.318 e. The Morgan fingerprint density at radius 3 is 2.89 bits per heavy atom. The average Bonchev–Trinajstić information content (AvgIpc) is 2.95. The van der Waals surface area contributed by atoms with Gasteiger partial charge in [0.1, 0.15) is 0 Å². The molecule has 1 aromatic rings. The second-order valence-electron chi connectivity index (χ2n) is 5.03. The Kier molecular flexibility index (Phi) is 3.25. The Hall–Kier alpha value is -1.63. The third-order valence-corrected chi connectivity index (χ3v) is 3.57. The molecule has 0 saturated carbocycles. The van der Waals surface area contributed by atoms with Crippen LogP contribution in [0.3, 0.4) is 0 Å². The molecule has 2 rings (SSSR count). The Bertz CT molecular complexity index is 446. The lowest BCUT2D eigenvalue weighted by Crippen LogP contribution is -2.37. The van der Waals surface area contributed by atoms with E-state index in [0.717, 1.165) is 0 Å². The van der Waals surface area contributed by atoms with Crippen molar-refractivity contribution in [2.24, 2.45) is 11.1 Å². The van der Waals surface area contributed by atoms with Gasteiger partial charge in [-0.15, -0.1) is 5.10 Å². The molecule has 1 fully saturated rings. The van der Waals surface area contributed by atoms with Gasteiger partial charge in [-0.25, -0.2) is 0 Å². The number of nitrogens with two attached hydrogens (primary N) is 1. The minimum Gasteiger partial charge on any atom is -0.406 e. The summed E-state index contributed by atoms with van der Waals surface area (Å²) in [6, 6.07) is 0.466. The third-order valence-electron chi connectivity index (χ3n) is 3.57. The maximum absolute atomic E-state index is 11.4. The van der Waals surface area contributed by atoms with Gasteiger partial charge in [0, 0.05) is 13.1 Å². The summed E-state index contributed by atoms with van der Waals surface area (Å²) in [6.07, 6.45) is 0.710. The largest absolute Gasteiger partial charge is 0.406 e. The highest BCUT2D eigenvalue weighted by Crippen LogP contribution is 2.32. The van der Waals surface area contributed by atoms with Gasteiger partial charge >= 0.3 is 6.01 Å². The van der Waals surface area contributed by atoms with Gasteiger partial charge < -0.3 is 20.4 Å². The van der Waals surface area contributed by atoms with E-state index in [4.69, 9.17) is 10.2 Å². The Morgan fingerprint density at radius 2 is 2.33 bits per heavy atom. The van der Waals surface area contributed by atoms with E-state index in [9.17, 15) is 4.79 Å². The van der Waals surface area contributed by atoms with E-state index >= 15 is 0 Å². The average molecular weight is 253 g/mol. The van der Waals surface area contributed by atoms with Crippen molar-refractivity contribution in [3.05, 3.63) is 5.89 Å². The van der Waals surface area contributed by atoms with Crippen molar-refractivity contribution < 1.29 is 9.21 Å². The molecule has 0 bridgehead atoms. The van der Waals surface area contributed by atoms with Gasteiger partial charge in [-0.3, -0.25) is 4.79 Å². The normalized spacial score (nSPS) is 25.4. The number of carbonyl (C=O) groups is 1. The lowest BCUT2D eigenvalue weighted by molar-refractivity contribution is -0.125. The van der Waals surface area contributed by atoms with Crippen molar-refractivity contribution >= 4 is 11.9 Å². The van der Waals surface area contributed by atoms with Crippen LogP contribution in [0.2, 0.25) is 0 Å². The number of nitrogens with zero attached hydrogens (tertiary/aromatic N) is 3. The molecule has 3 N–H and O–H groups in total. The van der Waals surface area contributed by atoms with Crippen LogP contribution in [0.5, 0.6) is 0 Å². The first-order valence-corrected chi connectivity index (χ1v) is 6.02. The number of carbonyl (C=O) groups excluding carboxylic acids is 1. The lowest BCUT2D eigenvalue weighted by atomic mass is 9.89. The topological polar surface area (TPSA) is 97.3 Å². The smallest absolute Gasteiger partial charge is 0.318 e. The summed E-state index contributed by atoms with van der Waals surface area (Å²) < 4.78 is 5.58. The fraction of sp³-hybridized carbons (Fsp3) is 0.727. The zero-order chi connectivity index (χ0) is 13.3. The molecular formula is C11H19N5O2. The van der Waals surface area contributed by atoms with Crippen LogP contribution >= 0.6 is 0 Å². The molecule has 2 atom stereocenters. The highest BCUT2D eigenvalue weighted by Gasteiger charge is 2.40. The van der Waals surface area contributed by atoms with Gasteiger partial charge in [-0.05, 0) is 27.3 Å². The molecule has 18 heavy (non-hydrogen) atoms. The number of nitrogens with one attached hydrogen (secondary N) is 1. The highest BCUT2D eigenvalue weighted by molar-refractivity contribution is 5.81. The fourth-order valence-electron chi connectivity index (χ4n) is 1.98. The summed E-state index contributed by atoms with van der Waals surface area (Å²) in [7, 11) is 1.83. The second-order valence-corrected chi connectivity index (χ2v) is 5.03. The number of amides is 1. The predicted octanol–water partition coefficient (Wildman–Crippen LogP) is 0.0517. The van der Waals surface area contributed by atoms with E-state index in [1.165, 1.54) is 0 Å². The van der Waals surface area contributed by atoms with Crippen molar-refractivity contribution in [2.45, 2.75) is 26.3 Å². The minimum absolute atomic E-state index is 0.0105. The molecule has 100 valence electrons. The molecule has 1 saturated heterocycles. The minimum atomic E-state index is -0.511. The summed E-state index contributed by atoms with van der Waals surface area (Å²) in [6.45, 7) is 5.03. The number of hydrogen-bond donors (Lipinski definition) is 2. The van der Waals surface area contributed by atoms with E-state index in [1.807, 2.05) is 25.8 Å². The Balaban J connectivity index is 2.10. The molecule has 1 aliphatic heterocycles. The first-order chi connectivity index (χ1) is 8.46. The standard InChI is InChI=1S/C11H19N5O2/c1-7(13-3)8-14-15-10(18-8)16-5-4-11(2,6-16)9(12)17/h7,13H,4-6H2,1-3H3,(H2,12,17). The zero-order valence-corrected chi connectivity index (χ0v) is 10.9. The summed E-state index contributed by atoms with van der Waals surface area (Å²) in [5.41, 5.74) is 4.89. The van der Waals surface area contributed by atoms with Gasteiger partial charge in [-0.1, -0.05) is 5.10 Å². The Morgan fingerprint density at radius 1 is 1.61 bits per heavy atom. The zero-order valence-electron chi connectivity index (χ0n) is 10.9. The number of aromatic nitrogens is 2. The number of rotatable bonds is 4. The molecule has 7 nitrogen and oxygen atoms in total. The lowest BCUT2D eigenvalue weighted by Gasteiger charge is -2.19. The van der Waals surface area contributed by atoms with Crippen LogP contribution in [0, 0.1) is 5.41 Å². The molecule has 2 unspecified atom stereocenters. The molecule has 0 spiro atoms. The molecule has 1 amide bonds. The Labute approximate surface area is 106 Å². The van der Waals surface area contributed by atoms with Crippen molar-refractivity contribution in [2.75, 3.05) is 25.0 Å². The van der Waals surface area contributed by atoms with Crippen LogP contribution in [-0.2, 0) is 4.79 Å². The van der Waals surface area contributed by atoms with Crippen LogP contribution in [0.25, 0.3) is 0 Å². The van der Waals surface area contributed by atoms with Crippen molar-refractivity contribution in [3.63, 3.8) is 0 Å². The van der Waals surface area contributed by atoms with E-state index in [-0.39, 0.29) is 11.9 Å². The number of primary amides is 1. The van der Waals surface area contributed by atoms with Gasteiger partial charge in [-0.2, -0.15) is 0 Å². The molecule has 7 heteroatoms. The van der Waals surface area contributed by atoms with Gasteiger partial charge in [0.05, 0.1) is 11.5 Å². The molecule has 2 heterocycles. The van der Waals surface area contributed by atoms with Gasteiger partial charge in [0.2, 0.25) is 11.8 Å². The van der Waals surface area contributed by atoms with Gasteiger partial charge in [0.25, 0.3) is 0 Å². The molecule has 0 aromatic carbocycles. The molecule has 0 aliphatic carbocycles. The van der Waals surface area contributed by atoms with E-state index < -0.39 is 5.41 Å². The van der Waals surface area contributed by atoms with E-state index in [2.05, 4.69) is 15.5 Å². The first kappa shape index (κ1) is 12.8. The monoisotopic (exact) mass is 253 g/mol. The number of anilines is 1. The first-order valence-electron chi connectivity index (χ1n) is 6.02. The second kappa shape index (κ2) is 4.56. The summed E-state index contributed by atoms with van der Waals surface area (Å²) in [4.78, 5) is 13.3.